The molecule has 1 fully saturated rings. The van der Waals surface area contributed by atoms with E-state index in [4.69, 9.17) is 5.11 Å². The Morgan fingerprint density at radius 2 is 2.10 bits per heavy atom. The second-order valence-electron chi connectivity index (χ2n) is 4.73. The summed E-state index contributed by atoms with van der Waals surface area (Å²) in [5.74, 6) is -0.929. The smallest absolute Gasteiger partial charge is 0.319 e. The summed E-state index contributed by atoms with van der Waals surface area (Å²) in [6.45, 7) is 1.83. The molecular formula is C13H18N4O3. The molecule has 2 rings (SSSR count). The molecule has 0 aliphatic carbocycles. The fourth-order valence-electron chi connectivity index (χ4n) is 2.08. The minimum atomic E-state index is -0.929. The molecule has 7 nitrogen and oxygen atoms in total. The SMILES string of the molecule is O=C(O)Cc1ccc(NC(=O)NC2CCNCC2)cn1. The molecule has 108 valence electrons. The number of hydrogen-bond donors (Lipinski definition) is 4. The van der Waals surface area contributed by atoms with Gasteiger partial charge in [0.05, 0.1) is 24.0 Å². The first-order valence-electron chi connectivity index (χ1n) is 6.58. The third-order valence-corrected chi connectivity index (χ3v) is 3.09. The van der Waals surface area contributed by atoms with E-state index in [1.807, 2.05) is 0 Å². The van der Waals surface area contributed by atoms with Gasteiger partial charge in [-0.3, -0.25) is 9.78 Å². The van der Waals surface area contributed by atoms with Crippen molar-refractivity contribution in [2.75, 3.05) is 18.4 Å². The lowest BCUT2D eigenvalue weighted by atomic mass is 10.1. The molecule has 1 aliphatic rings. The summed E-state index contributed by atoms with van der Waals surface area (Å²) in [6, 6.07) is 3.17. The summed E-state index contributed by atoms with van der Waals surface area (Å²) in [6.07, 6.45) is 3.17. The number of rotatable bonds is 4. The maximum absolute atomic E-state index is 11.8. The van der Waals surface area contributed by atoms with Crippen LogP contribution in [0.25, 0.3) is 0 Å². The van der Waals surface area contributed by atoms with Crippen molar-refractivity contribution >= 4 is 17.7 Å². The molecule has 1 aromatic rings. The van der Waals surface area contributed by atoms with Gasteiger partial charge in [0, 0.05) is 6.04 Å². The maximum Gasteiger partial charge on any atom is 0.319 e. The van der Waals surface area contributed by atoms with E-state index in [1.165, 1.54) is 6.20 Å². The third kappa shape index (κ3) is 4.51. The van der Waals surface area contributed by atoms with Crippen molar-refractivity contribution in [3.05, 3.63) is 24.0 Å². The molecule has 0 aromatic carbocycles. The summed E-state index contributed by atoms with van der Waals surface area (Å²) < 4.78 is 0. The van der Waals surface area contributed by atoms with Gasteiger partial charge in [-0.2, -0.15) is 0 Å². The van der Waals surface area contributed by atoms with Gasteiger partial charge >= 0.3 is 12.0 Å². The summed E-state index contributed by atoms with van der Waals surface area (Å²) in [5.41, 5.74) is 1.01. The highest BCUT2D eigenvalue weighted by Crippen LogP contribution is 2.08. The molecule has 7 heteroatoms. The molecule has 2 heterocycles. The Morgan fingerprint density at radius 1 is 1.35 bits per heavy atom. The van der Waals surface area contributed by atoms with Crippen LogP contribution in [0.5, 0.6) is 0 Å². The summed E-state index contributed by atoms with van der Waals surface area (Å²) in [5, 5.41) is 17.5. The molecule has 1 aliphatic heterocycles. The number of nitrogens with one attached hydrogen (secondary N) is 3. The quantitative estimate of drug-likeness (QED) is 0.645. The van der Waals surface area contributed by atoms with Crippen LogP contribution < -0.4 is 16.0 Å². The lowest BCUT2D eigenvalue weighted by Crippen LogP contribution is -2.44. The number of carboxylic acid groups (broad SMARTS) is 1. The Balaban J connectivity index is 1.82. The van der Waals surface area contributed by atoms with Crippen molar-refractivity contribution in [3.63, 3.8) is 0 Å². The van der Waals surface area contributed by atoms with Crippen molar-refractivity contribution < 1.29 is 14.7 Å². The molecule has 0 spiro atoms. The van der Waals surface area contributed by atoms with Crippen LogP contribution in [0.2, 0.25) is 0 Å². The van der Waals surface area contributed by atoms with Gasteiger partial charge in [-0.25, -0.2) is 4.79 Å². The number of nitrogens with zero attached hydrogens (tertiary/aromatic N) is 1. The first-order chi connectivity index (χ1) is 9.63. The van der Waals surface area contributed by atoms with Gasteiger partial charge in [-0.05, 0) is 38.1 Å². The van der Waals surface area contributed by atoms with Crippen molar-refractivity contribution in [2.45, 2.75) is 25.3 Å². The van der Waals surface area contributed by atoms with Crippen LogP contribution in [0.3, 0.4) is 0 Å². The van der Waals surface area contributed by atoms with E-state index in [2.05, 4.69) is 20.9 Å². The van der Waals surface area contributed by atoms with Crippen LogP contribution in [-0.4, -0.2) is 41.2 Å². The highest BCUT2D eigenvalue weighted by molar-refractivity contribution is 5.89. The van der Waals surface area contributed by atoms with E-state index in [-0.39, 0.29) is 18.5 Å². The zero-order valence-corrected chi connectivity index (χ0v) is 11.1. The number of urea groups is 1. The van der Waals surface area contributed by atoms with Crippen molar-refractivity contribution in [1.82, 2.24) is 15.6 Å². The largest absolute Gasteiger partial charge is 0.481 e. The van der Waals surface area contributed by atoms with Gasteiger partial charge < -0.3 is 21.1 Å². The molecule has 0 atom stereocenters. The van der Waals surface area contributed by atoms with Crippen LogP contribution in [0.4, 0.5) is 10.5 Å². The Kier molecular flexibility index (Phi) is 4.89. The van der Waals surface area contributed by atoms with Gasteiger partial charge in [0.2, 0.25) is 0 Å². The Hall–Kier alpha value is -2.15. The van der Waals surface area contributed by atoms with Crippen molar-refractivity contribution in [2.24, 2.45) is 0 Å². The zero-order valence-electron chi connectivity index (χ0n) is 11.1. The monoisotopic (exact) mass is 278 g/mol. The lowest BCUT2D eigenvalue weighted by molar-refractivity contribution is -0.136. The normalized spacial score (nSPS) is 15.6. The molecular weight excluding hydrogens is 260 g/mol. The summed E-state index contributed by atoms with van der Waals surface area (Å²) in [7, 11) is 0. The number of piperidine rings is 1. The van der Waals surface area contributed by atoms with Gasteiger partial charge in [0.15, 0.2) is 0 Å². The third-order valence-electron chi connectivity index (χ3n) is 3.09. The van der Waals surface area contributed by atoms with Gasteiger partial charge in [0.1, 0.15) is 0 Å². The number of amides is 2. The second-order valence-corrected chi connectivity index (χ2v) is 4.73. The predicted molar refractivity (Wildman–Crippen MR) is 73.6 cm³/mol. The van der Waals surface area contributed by atoms with Crippen molar-refractivity contribution in [1.29, 1.82) is 0 Å². The van der Waals surface area contributed by atoms with E-state index in [9.17, 15) is 9.59 Å². The molecule has 0 saturated carbocycles. The number of hydrogen-bond acceptors (Lipinski definition) is 4. The Bertz CT molecular complexity index is 469. The number of carboxylic acids is 1. The number of aliphatic carboxylic acids is 1. The fourth-order valence-corrected chi connectivity index (χ4v) is 2.08. The molecule has 4 N–H and O–H groups in total. The minimum Gasteiger partial charge on any atom is -0.481 e. The average molecular weight is 278 g/mol. The molecule has 0 unspecified atom stereocenters. The molecule has 1 aromatic heterocycles. The standard InChI is InChI=1S/C13H18N4O3/c18-12(19)7-10-1-2-11(8-15-10)17-13(20)16-9-3-5-14-6-4-9/h1-2,8-9,14H,3-7H2,(H,18,19)(H2,16,17,20). The van der Waals surface area contributed by atoms with E-state index < -0.39 is 5.97 Å². The first kappa shape index (κ1) is 14.3. The minimum absolute atomic E-state index is 0.123. The Morgan fingerprint density at radius 3 is 2.70 bits per heavy atom. The molecule has 0 radical (unpaired) electrons. The summed E-state index contributed by atoms with van der Waals surface area (Å²) >= 11 is 0. The first-order valence-corrected chi connectivity index (χ1v) is 6.58. The van der Waals surface area contributed by atoms with Crippen LogP contribution in [0.1, 0.15) is 18.5 Å². The molecule has 1 saturated heterocycles. The van der Waals surface area contributed by atoms with Crippen LogP contribution in [-0.2, 0) is 11.2 Å². The summed E-state index contributed by atoms with van der Waals surface area (Å²) in [4.78, 5) is 26.3. The number of aromatic nitrogens is 1. The number of anilines is 1. The van der Waals surface area contributed by atoms with E-state index in [0.717, 1.165) is 25.9 Å². The Labute approximate surface area is 116 Å². The van der Waals surface area contributed by atoms with Crippen LogP contribution in [0.15, 0.2) is 18.3 Å². The van der Waals surface area contributed by atoms with Crippen LogP contribution >= 0.6 is 0 Å². The van der Waals surface area contributed by atoms with Gasteiger partial charge in [0.25, 0.3) is 0 Å². The van der Waals surface area contributed by atoms with E-state index in [0.29, 0.717) is 11.4 Å². The topological polar surface area (TPSA) is 103 Å². The fraction of sp³-hybridized carbons (Fsp3) is 0.462. The molecule has 2 amide bonds. The highest BCUT2D eigenvalue weighted by Gasteiger charge is 2.15. The second kappa shape index (κ2) is 6.85. The van der Waals surface area contributed by atoms with Crippen molar-refractivity contribution in [3.8, 4) is 0 Å². The predicted octanol–water partition coefficient (Wildman–Crippen LogP) is 0.582. The molecule has 20 heavy (non-hydrogen) atoms. The lowest BCUT2D eigenvalue weighted by Gasteiger charge is -2.23. The average Bonchev–Trinajstić information content (AvgIpc) is 2.41. The molecule has 0 bridgehead atoms. The zero-order chi connectivity index (χ0) is 14.4. The van der Waals surface area contributed by atoms with E-state index in [1.54, 1.807) is 12.1 Å². The van der Waals surface area contributed by atoms with Gasteiger partial charge in [-0.15, -0.1) is 0 Å². The highest BCUT2D eigenvalue weighted by atomic mass is 16.4. The van der Waals surface area contributed by atoms with E-state index >= 15 is 0 Å². The van der Waals surface area contributed by atoms with Crippen LogP contribution in [0, 0.1) is 0 Å². The maximum atomic E-state index is 11.8. The number of carbonyl (C=O) groups excluding carboxylic acids is 1. The number of carbonyl (C=O) groups is 2. The van der Waals surface area contributed by atoms with Gasteiger partial charge in [-0.1, -0.05) is 0 Å². The number of pyridine rings is 1.